The van der Waals surface area contributed by atoms with Crippen LogP contribution in [-0.2, 0) is 19.4 Å². The molecular formula is C23H21N3O2. The average molecular weight is 371 g/mol. The van der Waals surface area contributed by atoms with Crippen LogP contribution >= 0.6 is 0 Å². The lowest BCUT2D eigenvalue weighted by atomic mass is 10.1. The van der Waals surface area contributed by atoms with Gasteiger partial charge in [0, 0.05) is 29.9 Å². The molecule has 0 amide bonds. The first-order valence-electron chi connectivity index (χ1n) is 9.62. The lowest BCUT2D eigenvalue weighted by Crippen LogP contribution is -2.20. The van der Waals surface area contributed by atoms with E-state index in [1.165, 1.54) is 11.1 Å². The molecule has 0 aliphatic heterocycles. The van der Waals surface area contributed by atoms with Crippen LogP contribution in [0.1, 0.15) is 18.1 Å². The summed E-state index contributed by atoms with van der Waals surface area (Å²) in [6.45, 7) is 2.78. The Bertz CT molecular complexity index is 1180. The molecule has 1 aliphatic carbocycles. The van der Waals surface area contributed by atoms with E-state index in [0.717, 1.165) is 30.6 Å². The molecule has 5 heteroatoms. The maximum atomic E-state index is 13.1. The number of nitrogens with one attached hydrogen (secondary N) is 1. The van der Waals surface area contributed by atoms with Gasteiger partial charge < -0.3 is 14.3 Å². The third-order valence-electron chi connectivity index (χ3n) is 5.51. The predicted octanol–water partition coefficient (Wildman–Crippen LogP) is 4.26. The van der Waals surface area contributed by atoms with Crippen LogP contribution in [0.2, 0.25) is 0 Å². The van der Waals surface area contributed by atoms with E-state index >= 15 is 0 Å². The summed E-state index contributed by atoms with van der Waals surface area (Å²) in [5, 5.41) is 4.20. The van der Waals surface area contributed by atoms with Crippen molar-refractivity contribution in [2.45, 2.75) is 32.4 Å². The van der Waals surface area contributed by atoms with E-state index in [9.17, 15) is 4.79 Å². The number of pyridine rings is 2. The van der Waals surface area contributed by atoms with Gasteiger partial charge in [0.1, 0.15) is 5.65 Å². The molecule has 28 heavy (non-hydrogen) atoms. The Morgan fingerprint density at radius 3 is 2.68 bits per heavy atom. The van der Waals surface area contributed by atoms with Gasteiger partial charge in [-0.3, -0.25) is 4.79 Å². The summed E-state index contributed by atoms with van der Waals surface area (Å²) in [5.74, 6) is 0. The fourth-order valence-electron chi connectivity index (χ4n) is 4.11. The number of hydrogen-bond donors (Lipinski definition) is 1. The minimum Gasteiger partial charge on any atom is -0.472 e. The van der Waals surface area contributed by atoms with E-state index in [1.807, 2.05) is 36.0 Å². The van der Waals surface area contributed by atoms with Crippen molar-refractivity contribution >= 4 is 16.7 Å². The number of anilines is 1. The molecule has 5 rings (SSSR count). The molecule has 0 spiro atoms. The second-order valence-corrected chi connectivity index (χ2v) is 7.28. The summed E-state index contributed by atoms with van der Waals surface area (Å²) in [6.07, 6.45) is 8.86. The van der Waals surface area contributed by atoms with E-state index in [0.29, 0.717) is 22.6 Å². The number of aryl methyl sites for hydroxylation is 1. The Morgan fingerprint density at radius 1 is 1.21 bits per heavy atom. The SMILES string of the molecule is CCn1cc(-c2ccoc2)c(=O)c2cc(NC3Cc4ccccc4C3)cnc21. The van der Waals surface area contributed by atoms with Crippen molar-refractivity contribution in [2.24, 2.45) is 0 Å². The summed E-state index contributed by atoms with van der Waals surface area (Å²) in [6, 6.07) is 12.6. The van der Waals surface area contributed by atoms with Gasteiger partial charge in [-0.25, -0.2) is 4.98 Å². The van der Waals surface area contributed by atoms with Crippen LogP contribution in [0.25, 0.3) is 22.2 Å². The van der Waals surface area contributed by atoms with E-state index < -0.39 is 0 Å². The third kappa shape index (κ3) is 2.80. The van der Waals surface area contributed by atoms with Crippen molar-refractivity contribution in [3.05, 3.63) is 82.7 Å². The Balaban J connectivity index is 1.54. The highest BCUT2D eigenvalue weighted by atomic mass is 16.3. The monoisotopic (exact) mass is 371 g/mol. The van der Waals surface area contributed by atoms with Gasteiger partial charge in [-0.2, -0.15) is 0 Å². The van der Waals surface area contributed by atoms with E-state index in [1.54, 1.807) is 12.5 Å². The third-order valence-corrected chi connectivity index (χ3v) is 5.51. The van der Waals surface area contributed by atoms with Crippen LogP contribution in [0.4, 0.5) is 5.69 Å². The first-order chi connectivity index (χ1) is 13.7. The van der Waals surface area contributed by atoms with Gasteiger partial charge in [0.25, 0.3) is 0 Å². The van der Waals surface area contributed by atoms with Crippen LogP contribution in [0.5, 0.6) is 0 Å². The van der Waals surface area contributed by atoms with Crippen LogP contribution in [0, 0.1) is 0 Å². The smallest absolute Gasteiger partial charge is 0.199 e. The highest BCUT2D eigenvalue weighted by Crippen LogP contribution is 2.26. The van der Waals surface area contributed by atoms with Gasteiger partial charge in [0.15, 0.2) is 5.43 Å². The zero-order valence-corrected chi connectivity index (χ0v) is 15.7. The van der Waals surface area contributed by atoms with Gasteiger partial charge in [0.2, 0.25) is 0 Å². The number of furan rings is 1. The summed E-state index contributed by atoms with van der Waals surface area (Å²) in [4.78, 5) is 17.7. The van der Waals surface area contributed by atoms with Gasteiger partial charge in [0.05, 0.1) is 29.8 Å². The predicted molar refractivity (Wildman–Crippen MR) is 111 cm³/mol. The minimum absolute atomic E-state index is 0.0213. The molecular weight excluding hydrogens is 350 g/mol. The lowest BCUT2D eigenvalue weighted by Gasteiger charge is -2.15. The number of hydrogen-bond acceptors (Lipinski definition) is 4. The zero-order valence-electron chi connectivity index (χ0n) is 15.7. The largest absolute Gasteiger partial charge is 0.472 e. The molecule has 4 aromatic rings. The summed E-state index contributed by atoms with van der Waals surface area (Å²) in [7, 11) is 0. The van der Waals surface area contributed by atoms with Gasteiger partial charge in [-0.05, 0) is 43.0 Å². The molecule has 3 aromatic heterocycles. The van der Waals surface area contributed by atoms with Crippen molar-refractivity contribution in [1.29, 1.82) is 0 Å². The van der Waals surface area contributed by atoms with Crippen LogP contribution in [0.15, 0.2) is 70.5 Å². The molecule has 1 aromatic carbocycles. The van der Waals surface area contributed by atoms with Crippen LogP contribution in [0.3, 0.4) is 0 Å². The van der Waals surface area contributed by atoms with Gasteiger partial charge in [-0.1, -0.05) is 24.3 Å². The maximum Gasteiger partial charge on any atom is 0.199 e. The van der Waals surface area contributed by atoms with Crippen molar-refractivity contribution < 1.29 is 4.42 Å². The molecule has 0 radical (unpaired) electrons. The molecule has 1 aliphatic rings. The Kier molecular flexibility index (Phi) is 4.01. The highest BCUT2D eigenvalue weighted by Gasteiger charge is 2.21. The number of nitrogens with zero attached hydrogens (tertiary/aromatic N) is 2. The second-order valence-electron chi connectivity index (χ2n) is 7.28. The van der Waals surface area contributed by atoms with E-state index in [2.05, 4.69) is 34.6 Å². The number of aromatic nitrogens is 2. The summed E-state index contributed by atoms with van der Waals surface area (Å²) < 4.78 is 7.18. The molecule has 1 N–H and O–H groups in total. The summed E-state index contributed by atoms with van der Waals surface area (Å²) >= 11 is 0. The van der Waals surface area contributed by atoms with Crippen molar-refractivity contribution in [1.82, 2.24) is 9.55 Å². The molecule has 0 bridgehead atoms. The minimum atomic E-state index is -0.0213. The first-order valence-corrected chi connectivity index (χ1v) is 9.62. The Labute approximate surface area is 162 Å². The number of fused-ring (bicyclic) bond motifs is 2. The molecule has 0 unspecified atom stereocenters. The lowest BCUT2D eigenvalue weighted by molar-refractivity contribution is 0.568. The Hall–Kier alpha value is -3.34. The number of rotatable bonds is 4. The zero-order chi connectivity index (χ0) is 19.1. The molecule has 0 saturated carbocycles. The molecule has 0 saturated heterocycles. The fraction of sp³-hybridized carbons (Fsp3) is 0.217. The van der Waals surface area contributed by atoms with Crippen molar-refractivity contribution in [3.8, 4) is 11.1 Å². The van der Waals surface area contributed by atoms with Gasteiger partial charge in [-0.15, -0.1) is 0 Å². The molecule has 5 nitrogen and oxygen atoms in total. The van der Waals surface area contributed by atoms with Crippen molar-refractivity contribution in [3.63, 3.8) is 0 Å². The number of benzene rings is 1. The van der Waals surface area contributed by atoms with Crippen molar-refractivity contribution in [2.75, 3.05) is 5.32 Å². The normalized spacial score (nSPS) is 13.8. The second kappa shape index (κ2) is 6.68. The average Bonchev–Trinajstić information content (AvgIpc) is 3.38. The molecule has 0 atom stereocenters. The standard InChI is InChI=1S/C23H21N3O2/c1-2-26-13-21(17-7-8-28-14-17)22(27)20-11-19(12-24-23(20)26)25-18-9-15-5-3-4-6-16(15)10-18/h3-8,11-14,18,25H,2,9-10H2,1H3. The first kappa shape index (κ1) is 16.8. The maximum absolute atomic E-state index is 13.1. The van der Waals surface area contributed by atoms with Crippen LogP contribution < -0.4 is 10.7 Å². The molecule has 140 valence electrons. The van der Waals surface area contributed by atoms with E-state index in [-0.39, 0.29) is 5.43 Å². The Morgan fingerprint density at radius 2 is 2.00 bits per heavy atom. The topological polar surface area (TPSA) is 60.1 Å². The fourth-order valence-corrected chi connectivity index (χ4v) is 4.11. The van der Waals surface area contributed by atoms with E-state index in [4.69, 9.17) is 4.42 Å². The molecule has 3 heterocycles. The van der Waals surface area contributed by atoms with Gasteiger partial charge >= 0.3 is 0 Å². The highest BCUT2D eigenvalue weighted by molar-refractivity contribution is 5.83. The molecule has 0 fully saturated rings. The summed E-state index contributed by atoms with van der Waals surface area (Å²) in [5.41, 5.74) is 5.78. The quantitative estimate of drug-likeness (QED) is 0.582. The van der Waals surface area contributed by atoms with Crippen LogP contribution in [-0.4, -0.2) is 15.6 Å².